The van der Waals surface area contributed by atoms with E-state index in [-0.39, 0.29) is 56.5 Å². The zero-order valence-corrected chi connectivity index (χ0v) is 56.9. The molecule has 87 heavy (non-hydrogen) atoms. The zero-order chi connectivity index (χ0) is 61.3. The Hall–Kier alpha value is -5.96. The van der Waals surface area contributed by atoms with E-state index in [4.69, 9.17) is 0 Å². The van der Waals surface area contributed by atoms with Crippen LogP contribution in [-0.2, 0) is 45.3 Å². The van der Waals surface area contributed by atoms with Gasteiger partial charge in [-0.1, -0.05) is 271 Å². The molecule has 0 amide bonds. The number of rotatable bonds is 9. The largest absolute Gasteiger partial charge is 0.242 e. The van der Waals surface area contributed by atoms with Gasteiger partial charge >= 0.3 is 0 Å². The van der Waals surface area contributed by atoms with Crippen molar-refractivity contribution < 1.29 is 0 Å². The normalized spacial score (nSPS) is 23.1. The van der Waals surface area contributed by atoms with Crippen molar-refractivity contribution in [1.29, 1.82) is 0 Å². The Kier molecular flexibility index (Phi) is 13.7. The van der Waals surface area contributed by atoms with E-state index in [9.17, 15) is 0 Å². The molecule has 1 fully saturated rings. The fraction of sp³-hybridized carbons (Fsp3) is 0.435. The van der Waals surface area contributed by atoms with Crippen LogP contribution in [0.5, 0.6) is 0 Å². The summed E-state index contributed by atoms with van der Waals surface area (Å²) in [5.74, 6) is 0.904. The van der Waals surface area contributed by atoms with E-state index in [0.29, 0.717) is 5.92 Å². The fourth-order valence-electron chi connectivity index (χ4n) is 19.2. The van der Waals surface area contributed by atoms with E-state index in [1.165, 1.54) is 143 Å². The van der Waals surface area contributed by atoms with Gasteiger partial charge in [0.2, 0.25) is 6.71 Å². The van der Waals surface area contributed by atoms with Crippen molar-refractivity contribution in [3.8, 4) is 0 Å². The Labute approximate surface area is 528 Å². The van der Waals surface area contributed by atoms with E-state index in [1.807, 2.05) is 11.3 Å². The highest BCUT2D eigenvalue weighted by Crippen LogP contribution is 2.66. The van der Waals surface area contributed by atoms with E-state index in [1.54, 1.807) is 38.8 Å². The summed E-state index contributed by atoms with van der Waals surface area (Å²) in [6.45, 7) is 42.4. The SMILES string of the molecule is Cc1cc(C)c2c(c1)C(CCc1cc3c(cc1C)C(C)(C)CCC3(C)C)c1cc3c(cc1B2c1ccc(CCC2c4ccc(C(C)(C)C)cc4C4(C)CCCCC24C)cc1C(C)c1cccc2c1sc1ccccc12)C(C)(C)c1ccccc1C3(C)C. The Bertz CT molecular complexity index is 4280. The highest BCUT2D eigenvalue weighted by molar-refractivity contribution is 7.26. The maximum atomic E-state index is 2.79. The van der Waals surface area contributed by atoms with Crippen molar-refractivity contribution in [1.82, 2.24) is 0 Å². The number of fused-ring (bicyclic) bond motifs is 11. The van der Waals surface area contributed by atoms with Gasteiger partial charge < -0.3 is 0 Å². The summed E-state index contributed by atoms with van der Waals surface area (Å²) in [6, 6.07) is 57.5. The number of thiophene rings is 1. The minimum Gasteiger partial charge on any atom is -0.135 e. The summed E-state index contributed by atoms with van der Waals surface area (Å²) in [4.78, 5) is 0. The van der Waals surface area contributed by atoms with Crippen LogP contribution < -0.4 is 16.4 Å². The first-order chi connectivity index (χ1) is 41.1. The Morgan fingerprint density at radius 3 is 1.91 bits per heavy atom. The standard InChI is InChI=1S/C85H97BS/c1-51-43-53(3)77-65(44-51)59(35-33-56-47-71-70(45-52(56)2)80(8,9)41-42-81(71,10)11)64-49-72-73(83(14,15)68-29-20-19-28-67(68)82(72,12)13)50-75(64)86(77)74-38-32-55(46-63(74)54(4)58-26-24-27-61-60-25-18-21-30-76(60)87-78(58)61)31-37-66-62-36-34-57(79(5,6)7)48-69(62)85(17)40-23-22-39-84(66,85)16/h18-21,24-30,32,34,36,38,43-50,54,59,66H,22-23,31,33,35,37,39-42H2,1-17H3. The third kappa shape index (κ3) is 8.98. The molecule has 14 rings (SSSR count). The van der Waals surface area contributed by atoms with Crippen molar-refractivity contribution in [3.05, 3.63) is 240 Å². The van der Waals surface area contributed by atoms with Crippen LogP contribution in [0.15, 0.2) is 140 Å². The molecule has 4 aliphatic carbocycles. The van der Waals surface area contributed by atoms with E-state index < -0.39 is 0 Å². The molecule has 0 radical (unpaired) electrons. The van der Waals surface area contributed by atoms with Gasteiger partial charge in [0.1, 0.15) is 0 Å². The second kappa shape index (κ2) is 20.3. The van der Waals surface area contributed by atoms with Crippen LogP contribution in [0.4, 0.5) is 0 Å². The van der Waals surface area contributed by atoms with Crippen LogP contribution >= 0.6 is 11.3 Å². The predicted molar refractivity (Wildman–Crippen MR) is 378 cm³/mol. The average Bonchev–Trinajstić information content (AvgIpc) is 1.64. The highest BCUT2D eigenvalue weighted by Gasteiger charge is 2.58. The molecule has 446 valence electrons. The molecule has 2 heterocycles. The average molecular weight is 1160 g/mol. The van der Waals surface area contributed by atoms with Gasteiger partial charge in [0.25, 0.3) is 0 Å². The molecule has 9 aromatic rings. The molecule has 2 heteroatoms. The molecule has 8 aromatic carbocycles. The van der Waals surface area contributed by atoms with Gasteiger partial charge in [-0.3, -0.25) is 0 Å². The molecule has 5 aliphatic rings. The maximum Gasteiger partial charge on any atom is 0.242 e. The molecule has 0 saturated heterocycles. The zero-order valence-electron chi connectivity index (χ0n) is 56.1. The van der Waals surface area contributed by atoms with Crippen LogP contribution in [-0.4, -0.2) is 6.71 Å². The van der Waals surface area contributed by atoms with Crippen LogP contribution in [0.1, 0.15) is 266 Å². The lowest BCUT2D eigenvalue weighted by atomic mass is 9.30. The van der Waals surface area contributed by atoms with Crippen molar-refractivity contribution in [3.63, 3.8) is 0 Å². The molecule has 1 saturated carbocycles. The minimum atomic E-state index is -0.186. The summed E-state index contributed by atoms with van der Waals surface area (Å²) in [5.41, 5.74) is 32.2. The summed E-state index contributed by atoms with van der Waals surface area (Å²) in [6.07, 6.45) is 12.1. The van der Waals surface area contributed by atoms with Gasteiger partial charge in [-0.25, -0.2) is 0 Å². The molecule has 0 bridgehead atoms. The molecule has 1 aromatic heterocycles. The molecule has 5 atom stereocenters. The highest BCUT2D eigenvalue weighted by atomic mass is 32.1. The molecule has 0 spiro atoms. The number of benzene rings is 8. The van der Waals surface area contributed by atoms with Crippen LogP contribution in [0, 0.1) is 26.2 Å². The van der Waals surface area contributed by atoms with Gasteiger partial charge in [-0.15, -0.1) is 11.3 Å². The lowest BCUT2D eigenvalue weighted by Crippen LogP contribution is -2.60. The fourth-order valence-corrected chi connectivity index (χ4v) is 20.5. The molecular weight excluding hydrogens is 1060 g/mol. The van der Waals surface area contributed by atoms with E-state index in [2.05, 4.69) is 257 Å². The Morgan fingerprint density at radius 2 is 1.18 bits per heavy atom. The Morgan fingerprint density at radius 1 is 0.517 bits per heavy atom. The summed E-state index contributed by atoms with van der Waals surface area (Å²) >= 11 is 1.99. The van der Waals surface area contributed by atoms with E-state index in [0.717, 1.165) is 19.3 Å². The molecule has 0 nitrogen and oxygen atoms in total. The van der Waals surface area contributed by atoms with Gasteiger partial charge in [0, 0.05) is 42.8 Å². The summed E-state index contributed by atoms with van der Waals surface area (Å²) in [5, 5.41) is 2.76. The minimum absolute atomic E-state index is 0.0513. The number of hydrogen-bond donors (Lipinski definition) is 0. The van der Waals surface area contributed by atoms with Crippen LogP contribution in [0.2, 0.25) is 0 Å². The topological polar surface area (TPSA) is 0 Å². The smallest absolute Gasteiger partial charge is 0.135 e. The third-order valence-corrected chi connectivity index (χ3v) is 26.1. The van der Waals surface area contributed by atoms with Crippen LogP contribution in [0.25, 0.3) is 20.2 Å². The third-order valence-electron chi connectivity index (χ3n) is 24.9. The monoisotopic (exact) mass is 1160 g/mol. The first-order valence-electron chi connectivity index (χ1n) is 33.9. The van der Waals surface area contributed by atoms with Gasteiger partial charge in [0.05, 0.1) is 0 Å². The second-order valence-corrected chi connectivity index (χ2v) is 33.7. The molecule has 1 aliphatic heterocycles. The van der Waals surface area contributed by atoms with Crippen LogP contribution in [0.3, 0.4) is 0 Å². The van der Waals surface area contributed by atoms with Gasteiger partial charge in [-0.05, 0) is 200 Å². The van der Waals surface area contributed by atoms with Crippen molar-refractivity contribution in [2.75, 3.05) is 0 Å². The maximum absolute atomic E-state index is 2.79. The second-order valence-electron chi connectivity index (χ2n) is 32.6. The molecule has 5 unspecified atom stereocenters. The summed E-state index contributed by atoms with van der Waals surface area (Å²) in [7, 11) is 0. The van der Waals surface area contributed by atoms with Crippen molar-refractivity contribution in [2.45, 2.75) is 232 Å². The number of aryl methyl sites for hydroxylation is 5. The first kappa shape index (κ1) is 58.7. The Balaban J connectivity index is 0.966. The van der Waals surface area contributed by atoms with Crippen molar-refractivity contribution in [2.24, 2.45) is 5.41 Å². The molecular formula is C85H97BS. The van der Waals surface area contributed by atoms with Gasteiger partial charge in [-0.2, -0.15) is 0 Å². The molecule has 0 N–H and O–H groups in total. The summed E-state index contributed by atoms with van der Waals surface area (Å²) < 4.78 is 2.81. The first-order valence-corrected chi connectivity index (χ1v) is 34.7. The lowest BCUT2D eigenvalue weighted by Gasteiger charge is -2.49. The number of hydrogen-bond acceptors (Lipinski definition) is 1. The quantitative estimate of drug-likeness (QED) is 0.126. The van der Waals surface area contributed by atoms with E-state index >= 15 is 0 Å². The lowest BCUT2D eigenvalue weighted by molar-refractivity contribution is 0.0763. The van der Waals surface area contributed by atoms with Crippen molar-refractivity contribution >= 4 is 54.6 Å². The van der Waals surface area contributed by atoms with Gasteiger partial charge in [0.15, 0.2) is 0 Å². The predicted octanol–water partition coefficient (Wildman–Crippen LogP) is 20.9.